The summed E-state index contributed by atoms with van der Waals surface area (Å²) < 4.78 is 2.19. The molecule has 1 unspecified atom stereocenters. The third-order valence-electron chi connectivity index (χ3n) is 4.36. The molecular formula is C17H19N5O2S. The zero-order valence-corrected chi connectivity index (χ0v) is 14.4. The van der Waals surface area contributed by atoms with E-state index < -0.39 is 17.2 Å². The topological polar surface area (TPSA) is 103 Å². The van der Waals surface area contributed by atoms with Crippen LogP contribution in [0.25, 0.3) is 0 Å². The molecule has 2 fully saturated rings. The molecule has 1 aromatic heterocycles. The fourth-order valence-corrected chi connectivity index (χ4v) is 3.97. The molecule has 2 aliphatic carbocycles. The Kier molecular flexibility index (Phi) is 4.20. The number of aromatic nitrogens is 3. The summed E-state index contributed by atoms with van der Waals surface area (Å²) in [6.07, 6.45) is 4.54. The van der Waals surface area contributed by atoms with Crippen molar-refractivity contribution in [3.05, 3.63) is 41.7 Å². The molecule has 0 spiro atoms. The molecule has 1 aromatic carbocycles. The molecule has 2 saturated carbocycles. The zero-order chi connectivity index (χ0) is 17.4. The van der Waals surface area contributed by atoms with E-state index in [0.717, 1.165) is 42.2 Å². The Labute approximate surface area is 149 Å². The van der Waals surface area contributed by atoms with Gasteiger partial charge >= 0.3 is 6.03 Å². The summed E-state index contributed by atoms with van der Waals surface area (Å²) in [5.41, 5.74) is 5.93. The number of carbonyl (C=O) groups is 2. The maximum Gasteiger partial charge on any atom is 0.318 e. The van der Waals surface area contributed by atoms with Gasteiger partial charge in [-0.05, 0) is 31.2 Å². The highest BCUT2D eigenvalue weighted by molar-refractivity contribution is 8.00. The van der Waals surface area contributed by atoms with E-state index in [0.29, 0.717) is 12.0 Å². The SMILES string of the molecule is NC(=O)NC(=O)C(Sc1nnc(C2CC2)n1C1CC1)c1ccccc1. The van der Waals surface area contributed by atoms with Crippen LogP contribution >= 0.6 is 11.8 Å². The monoisotopic (exact) mass is 357 g/mol. The first-order valence-corrected chi connectivity index (χ1v) is 9.28. The average molecular weight is 357 g/mol. The fraction of sp³-hybridized carbons (Fsp3) is 0.412. The molecule has 1 atom stereocenters. The Bertz CT molecular complexity index is 799. The van der Waals surface area contributed by atoms with Gasteiger partial charge in [0.2, 0.25) is 5.91 Å². The molecule has 4 rings (SSSR count). The molecule has 2 aromatic rings. The number of hydrogen-bond donors (Lipinski definition) is 2. The Morgan fingerprint density at radius 1 is 1.16 bits per heavy atom. The number of primary amides is 1. The normalized spacial score (nSPS) is 17.9. The van der Waals surface area contributed by atoms with Gasteiger partial charge in [-0.25, -0.2) is 4.79 Å². The lowest BCUT2D eigenvalue weighted by molar-refractivity contribution is -0.119. The van der Waals surface area contributed by atoms with E-state index in [1.807, 2.05) is 30.3 Å². The van der Waals surface area contributed by atoms with Gasteiger partial charge in [0.05, 0.1) is 0 Å². The van der Waals surface area contributed by atoms with E-state index in [2.05, 4.69) is 20.1 Å². The van der Waals surface area contributed by atoms with Gasteiger partial charge in [0.1, 0.15) is 11.1 Å². The fourth-order valence-electron chi connectivity index (χ4n) is 2.86. The first kappa shape index (κ1) is 16.1. The third-order valence-corrected chi connectivity index (χ3v) is 5.57. The van der Waals surface area contributed by atoms with Crippen LogP contribution in [-0.4, -0.2) is 26.7 Å². The van der Waals surface area contributed by atoms with E-state index in [1.165, 1.54) is 11.8 Å². The number of thioether (sulfide) groups is 1. The second kappa shape index (κ2) is 6.51. The van der Waals surface area contributed by atoms with E-state index >= 15 is 0 Å². The highest BCUT2D eigenvalue weighted by Gasteiger charge is 2.37. The van der Waals surface area contributed by atoms with Gasteiger partial charge in [-0.15, -0.1) is 10.2 Å². The number of imide groups is 1. The summed E-state index contributed by atoms with van der Waals surface area (Å²) in [6, 6.07) is 8.91. The van der Waals surface area contributed by atoms with Crippen LogP contribution in [0.4, 0.5) is 4.79 Å². The second-order valence-electron chi connectivity index (χ2n) is 6.48. The molecule has 0 bridgehead atoms. The number of nitrogens with one attached hydrogen (secondary N) is 1. The van der Waals surface area contributed by atoms with Crippen molar-refractivity contribution in [3.63, 3.8) is 0 Å². The summed E-state index contributed by atoms with van der Waals surface area (Å²) in [5.74, 6) is 1.09. The predicted octanol–water partition coefficient (Wildman–Crippen LogP) is 2.52. The van der Waals surface area contributed by atoms with E-state index in [4.69, 9.17) is 5.73 Å². The molecule has 0 saturated heterocycles. The minimum Gasteiger partial charge on any atom is -0.351 e. The highest BCUT2D eigenvalue weighted by atomic mass is 32.2. The van der Waals surface area contributed by atoms with Crippen LogP contribution in [0.1, 0.15) is 54.3 Å². The highest BCUT2D eigenvalue weighted by Crippen LogP contribution is 2.47. The minimum atomic E-state index is -0.853. The van der Waals surface area contributed by atoms with Crippen molar-refractivity contribution in [2.24, 2.45) is 5.73 Å². The first-order chi connectivity index (χ1) is 12.1. The van der Waals surface area contributed by atoms with Crippen molar-refractivity contribution in [3.8, 4) is 0 Å². The quantitative estimate of drug-likeness (QED) is 0.773. The van der Waals surface area contributed by atoms with Crippen molar-refractivity contribution >= 4 is 23.7 Å². The summed E-state index contributed by atoms with van der Waals surface area (Å²) in [4.78, 5) is 23.7. The van der Waals surface area contributed by atoms with Crippen LogP contribution < -0.4 is 11.1 Å². The van der Waals surface area contributed by atoms with E-state index in [9.17, 15) is 9.59 Å². The molecule has 0 aliphatic heterocycles. The number of urea groups is 1. The van der Waals surface area contributed by atoms with E-state index in [1.54, 1.807) is 0 Å². The molecule has 0 radical (unpaired) electrons. The van der Waals surface area contributed by atoms with Crippen molar-refractivity contribution in [1.82, 2.24) is 20.1 Å². The number of rotatable bonds is 6. The summed E-state index contributed by atoms with van der Waals surface area (Å²) in [6.45, 7) is 0. The lowest BCUT2D eigenvalue weighted by Crippen LogP contribution is -2.37. The molecular weight excluding hydrogens is 338 g/mol. The minimum absolute atomic E-state index is 0.434. The third kappa shape index (κ3) is 3.53. The second-order valence-corrected chi connectivity index (χ2v) is 7.55. The standard InChI is InChI=1S/C17H19N5O2S/c18-16(24)19-15(23)13(10-4-2-1-3-5-10)25-17-21-20-14(11-6-7-11)22(17)12-8-9-12/h1-5,11-13H,6-9H2,(H3,18,19,23,24). The van der Waals surface area contributed by atoms with Crippen LogP contribution in [0.5, 0.6) is 0 Å². The summed E-state index contributed by atoms with van der Waals surface area (Å²) >= 11 is 1.32. The molecule has 2 aliphatic rings. The van der Waals surface area contributed by atoms with Crippen LogP contribution in [0, 0.1) is 0 Å². The molecule has 7 nitrogen and oxygen atoms in total. The molecule has 3 amide bonds. The molecule has 8 heteroatoms. The molecule has 25 heavy (non-hydrogen) atoms. The number of hydrogen-bond acceptors (Lipinski definition) is 5. The number of nitrogens with zero attached hydrogens (tertiary/aromatic N) is 3. The average Bonchev–Trinajstić information content (AvgIpc) is 3.51. The largest absolute Gasteiger partial charge is 0.351 e. The predicted molar refractivity (Wildman–Crippen MR) is 93.0 cm³/mol. The number of benzene rings is 1. The number of nitrogens with two attached hydrogens (primary N) is 1. The van der Waals surface area contributed by atoms with Crippen molar-refractivity contribution in [2.75, 3.05) is 0 Å². The Balaban J connectivity index is 1.64. The van der Waals surface area contributed by atoms with Crippen LogP contribution in [0.2, 0.25) is 0 Å². The van der Waals surface area contributed by atoms with Crippen molar-refractivity contribution < 1.29 is 9.59 Å². The lowest BCUT2D eigenvalue weighted by atomic mass is 10.1. The van der Waals surface area contributed by atoms with Gasteiger partial charge in [0.25, 0.3) is 0 Å². The first-order valence-electron chi connectivity index (χ1n) is 8.40. The smallest absolute Gasteiger partial charge is 0.318 e. The lowest BCUT2D eigenvalue weighted by Gasteiger charge is -2.16. The summed E-state index contributed by atoms with van der Waals surface area (Å²) in [5, 5.41) is 11.0. The molecule has 1 heterocycles. The van der Waals surface area contributed by atoms with Crippen molar-refractivity contribution in [1.29, 1.82) is 0 Å². The van der Waals surface area contributed by atoms with Gasteiger partial charge in [-0.3, -0.25) is 10.1 Å². The van der Waals surface area contributed by atoms with E-state index in [-0.39, 0.29) is 0 Å². The van der Waals surface area contributed by atoms with Gasteiger partial charge in [-0.2, -0.15) is 0 Å². The van der Waals surface area contributed by atoms with Gasteiger partial charge < -0.3 is 10.3 Å². The maximum absolute atomic E-state index is 12.5. The van der Waals surface area contributed by atoms with Crippen LogP contribution in [-0.2, 0) is 4.79 Å². The Morgan fingerprint density at radius 2 is 1.88 bits per heavy atom. The molecule has 3 N–H and O–H groups in total. The summed E-state index contributed by atoms with van der Waals surface area (Å²) in [7, 11) is 0. The van der Waals surface area contributed by atoms with Gasteiger partial charge in [0, 0.05) is 12.0 Å². The molecule has 130 valence electrons. The van der Waals surface area contributed by atoms with Gasteiger partial charge in [0.15, 0.2) is 5.16 Å². The number of carbonyl (C=O) groups excluding carboxylic acids is 2. The Hall–Kier alpha value is -2.35. The van der Waals surface area contributed by atoms with Crippen LogP contribution in [0.3, 0.4) is 0 Å². The maximum atomic E-state index is 12.5. The zero-order valence-electron chi connectivity index (χ0n) is 13.6. The number of amides is 3. The van der Waals surface area contributed by atoms with Gasteiger partial charge in [-0.1, -0.05) is 42.1 Å². The Morgan fingerprint density at radius 3 is 2.48 bits per heavy atom. The van der Waals surface area contributed by atoms with Crippen molar-refractivity contribution in [2.45, 2.75) is 48.0 Å². The van der Waals surface area contributed by atoms with Crippen LogP contribution in [0.15, 0.2) is 35.5 Å².